The van der Waals surface area contributed by atoms with Crippen molar-refractivity contribution < 1.29 is 0 Å². The Morgan fingerprint density at radius 3 is 2.40 bits per heavy atom. The van der Waals surface area contributed by atoms with Crippen LogP contribution in [0.2, 0.25) is 5.15 Å². The van der Waals surface area contributed by atoms with Gasteiger partial charge >= 0.3 is 0 Å². The van der Waals surface area contributed by atoms with Gasteiger partial charge in [-0.15, -0.1) is 10.2 Å². The second kappa shape index (κ2) is 5.10. The number of fused-ring (bicyclic) bond motifs is 1. The van der Waals surface area contributed by atoms with E-state index in [0.29, 0.717) is 11.0 Å². The molecule has 1 N–H and O–H groups in total. The molecule has 3 rings (SSSR count). The predicted octanol–water partition coefficient (Wildman–Crippen LogP) is 4.64. The van der Waals surface area contributed by atoms with Crippen molar-refractivity contribution in [2.24, 2.45) is 0 Å². The topological polar surface area (TPSA) is 37.8 Å². The predicted molar refractivity (Wildman–Crippen MR) is 83.7 cm³/mol. The number of benzene rings is 2. The molecule has 1 aromatic heterocycles. The first-order valence-electron chi connectivity index (χ1n) is 6.40. The zero-order valence-corrected chi connectivity index (χ0v) is 12.1. The molecule has 0 saturated carbocycles. The normalized spacial score (nSPS) is 10.8. The quantitative estimate of drug-likeness (QED) is 0.744. The van der Waals surface area contributed by atoms with Crippen molar-refractivity contribution in [2.75, 3.05) is 5.32 Å². The number of rotatable bonds is 2. The average molecular weight is 284 g/mol. The van der Waals surface area contributed by atoms with Crippen LogP contribution in [0.25, 0.3) is 10.8 Å². The molecular formula is C16H14ClN3. The van der Waals surface area contributed by atoms with Gasteiger partial charge in [0.1, 0.15) is 0 Å². The number of anilines is 2. The zero-order chi connectivity index (χ0) is 14.1. The van der Waals surface area contributed by atoms with Gasteiger partial charge in [-0.25, -0.2) is 0 Å². The Kier molecular flexibility index (Phi) is 3.28. The fraction of sp³-hybridized carbons (Fsp3) is 0.125. The van der Waals surface area contributed by atoms with Gasteiger partial charge in [0, 0.05) is 16.5 Å². The molecule has 0 atom stereocenters. The van der Waals surface area contributed by atoms with Gasteiger partial charge in [-0.2, -0.15) is 0 Å². The van der Waals surface area contributed by atoms with Crippen LogP contribution in [0.3, 0.4) is 0 Å². The Morgan fingerprint density at radius 1 is 0.900 bits per heavy atom. The van der Waals surface area contributed by atoms with Crippen molar-refractivity contribution in [2.45, 2.75) is 13.8 Å². The summed E-state index contributed by atoms with van der Waals surface area (Å²) in [5.41, 5.74) is 3.50. The van der Waals surface area contributed by atoms with Crippen molar-refractivity contribution in [3.63, 3.8) is 0 Å². The highest BCUT2D eigenvalue weighted by Crippen LogP contribution is 2.28. The van der Waals surface area contributed by atoms with Crippen LogP contribution in [-0.2, 0) is 0 Å². The highest BCUT2D eigenvalue weighted by Gasteiger charge is 2.07. The number of nitrogens with zero attached hydrogens (tertiary/aromatic N) is 2. The molecule has 1 heterocycles. The van der Waals surface area contributed by atoms with E-state index in [4.69, 9.17) is 11.6 Å². The Bertz CT molecular complexity index is 784. The van der Waals surface area contributed by atoms with Crippen LogP contribution in [0.15, 0.2) is 42.5 Å². The van der Waals surface area contributed by atoms with E-state index in [0.717, 1.165) is 16.5 Å². The fourth-order valence-electron chi connectivity index (χ4n) is 2.12. The van der Waals surface area contributed by atoms with Crippen LogP contribution in [0, 0.1) is 13.8 Å². The first kappa shape index (κ1) is 12.9. The van der Waals surface area contributed by atoms with Crippen molar-refractivity contribution >= 4 is 33.9 Å². The van der Waals surface area contributed by atoms with E-state index in [1.807, 2.05) is 30.3 Å². The maximum Gasteiger partial charge on any atom is 0.161 e. The summed E-state index contributed by atoms with van der Waals surface area (Å²) in [6.45, 7) is 4.18. The molecule has 0 unspecified atom stereocenters. The van der Waals surface area contributed by atoms with Gasteiger partial charge in [0.15, 0.2) is 11.0 Å². The van der Waals surface area contributed by atoms with Crippen molar-refractivity contribution in [3.8, 4) is 0 Å². The maximum atomic E-state index is 6.08. The standard InChI is InChI=1S/C16H14ClN3/c1-10-7-8-12(9-11(10)2)18-16-14-6-4-3-5-13(14)15(17)19-20-16/h3-9H,1-2H3,(H,18,20). The summed E-state index contributed by atoms with van der Waals surface area (Å²) in [5, 5.41) is 13.8. The maximum absolute atomic E-state index is 6.08. The second-order valence-corrected chi connectivity index (χ2v) is 5.17. The Hall–Kier alpha value is -2.13. The lowest BCUT2D eigenvalue weighted by Crippen LogP contribution is -1.98. The molecule has 0 radical (unpaired) electrons. The van der Waals surface area contributed by atoms with Crippen LogP contribution >= 0.6 is 11.6 Å². The number of nitrogens with one attached hydrogen (secondary N) is 1. The Balaban J connectivity index is 2.06. The molecule has 2 aromatic carbocycles. The monoisotopic (exact) mass is 283 g/mol. The minimum absolute atomic E-state index is 0.422. The third kappa shape index (κ3) is 2.32. The third-order valence-electron chi connectivity index (χ3n) is 3.41. The summed E-state index contributed by atoms with van der Waals surface area (Å²) in [5.74, 6) is 0.716. The molecule has 4 heteroatoms. The summed E-state index contributed by atoms with van der Waals surface area (Å²) >= 11 is 6.08. The number of halogens is 1. The smallest absolute Gasteiger partial charge is 0.161 e. The fourth-order valence-corrected chi connectivity index (χ4v) is 2.32. The van der Waals surface area contributed by atoms with E-state index >= 15 is 0 Å². The van der Waals surface area contributed by atoms with Gasteiger partial charge in [-0.3, -0.25) is 0 Å². The lowest BCUT2D eigenvalue weighted by atomic mass is 10.1. The number of aryl methyl sites for hydroxylation is 2. The summed E-state index contributed by atoms with van der Waals surface area (Å²) in [7, 11) is 0. The largest absolute Gasteiger partial charge is 0.338 e. The van der Waals surface area contributed by atoms with Crippen molar-refractivity contribution in [1.29, 1.82) is 0 Å². The molecule has 3 aromatic rings. The minimum atomic E-state index is 0.422. The van der Waals surface area contributed by atoms with Gasteiger partial charge in [-0.1, -0.05) is 41.9 Å². The van der Waals surface area contributed by atoms with Gasteiger partial charge in [-0.05, 0) is 37.1 Å². The molecular weight excluding hydrogens is 270 g/mol. The molecule has 0 bridgehead atoms. The van der Waals surface area contributed by atoms with Crippen LogP contribution in [0.5, 0.6) is 0 Å². The number of aromatic nitrogens is 2. The second-order valence-electron chi connectivity index (χ2n) is 4.81. The molecule has 3 nitrogen and oxygen atoms in total. The van der Waals surface area contributed by atoms with Crippen LogP contribution < -0.4 is 5.32 Å². The number of hydrogen-bond acceptors (Lipinski definition) is 3. The van der Waals surface area contributed by atoms with Gasteiger partial charge < -0.3 is 5.32 Å². The zero-order valence-electron chi connectivity index (χ0n) is 11.3. The van der Waals surface area contributed by atoms with E-state index in [2.05, 4.69) is 41.5 Å². The van der Waals surface area contributed by atoms with E-state index < -0.39 is 0 Å². The Labute approximate surface area is 122 Å². The van der Waals surface area contributed by atoms with Gasteiger partial charge in [0.2, 0.25) is 0 Å². The van der Waals surface area contributed by atoms with Gasteiger partial charge in [0.05, 0.1) is 0 Å². The van der Waals surface area contributed by atoms with Crippen molar-refractivity contribution in [3.05, 3.63) is 58.7 Å². The molecule has 20 heavy (non-hydrogen) atoms. The average Bonchev–Trinajstić information content (AvgIpc) is 2.46. The molecule has 0 aliphatic heterocycles. The molecule has 0 amide bonds. The van der Waals surface area contributed by atoms with E-state index in [1.165, 1.54) is 11.1 Å². The summed E-state index contributed by atoms with van der Waals surface area (Å²) in [6.07, 6.45) is 0. The van der Waals surface area contributed by atoms with Crippen LogP contribution in [0.4, 0.5) is 11.5 Å². The third-order valence-corrected chi connectivity index (χ3v) is 3.69. The highest BCUT2D eigenvalue weighted by molar-refractivity contribution is 6.34. The van der Waals surface area contributed by atoms with Crippen molar-refractivity contribution in [1.82, 2.24) is 10.2 Å². The molecule has 0 saturated heterocycles. The first-order valence-corrected chi connectivity index (χ1v) is 6.78. The Morgan fingerprint density at radius 2 is 1.65 bits per heavy atom. The summed E-state index contributed by atoms with van der Waals surface area (Å²) in [6, 6.07) is 14.1. The molecule has 0 aliphatic rings. The van der Waals surface area contributed by atoms with E-state index in [1.54, 1.807) is 0 Å². The lowest BCUT2D eigenvalue weighted by molar-refractivity contribution is 1.05. The minimum Gasteiger partial charge on any atom is -0.338 e. The van der Waals surface area contributed by atoms with E-state index in [9.17, 15) is 0 Å². The van der Waals surface area contributed by atoms with E-state index in [-0.39, 0.29) is 0 Å². The first-order chi connectivity index (χ1) is 9.65. The highest BCUT2D eigenvalue weighted by atomic mass is 35.5. The molecule has 0 fully saturated rings. The molecule has 0 spiro atoms. The van der Waals surface area contributed by atoms with Crippen LogP contribution in [0.1, 0.15) is 11.1 Å². The number of hydrogen-bond donors (Lipinski definition) is 1. The van der Waals surface area contributed by atoms with Gasteiger partial charge in [0.25, 0.3) is 0 Å². The molecule has 100 valence electrons. The summed E-state index contributed by atoms with van der Waals surface area (Å²) < 4.78 is 0. The SMILES string of the molecule is Cc1ccc(Nc2nnc(Cl)c3ccccc23)cc1C. The molecule has 0 aliphatic carbocycles. The lowest BCUT2D eigenvalue weighted by Gasteiger charge is -2.10. The summed E-state index contributed by atoms with van der Waals surface area (Å²) in [4.78, 5) is 0. The van der Waals surface area contributed by atoms with Crippen LogP contribution in [-0.4, -0.2) is 10.2 Å².